The molecule has 3 nitrogen and oxygen atoms in total. The number of nitrogens with zero attached hydrogens (tertiary/aromatic N) is 2. The fourth-order valence-electron chi connectivity index (χ4n) is 2.08. The Balaban J connectivity index is 2.17. The van der Waals surface area contributed by atoms with Crippen molar-refractivity contribution in [1.29, 1.82) is 0 Å². The first-order valence-electron chi connectivity index (χ1n) is 6.03. The predicted molar refractivity (Wildman–Crippen MR) is 69.7 cm³/mol. The van der Waals surface area contributed by atoms with Crippen molar-refractivity contribution < 1.29 is 0 Å². The van der Waals surface area contributed by atoms with Gasteiger partial charge in [0.15, 0.2) is 0 Å². The third-order valence-corrected chi connectivity index (χ3v) is 3.12. The molecule has 0 fully saturated rings. The lowest BCUT2D eigenvalue weighted by atomic mass is 10.0. The Hall–Kier alpha value is -1.61. The van der Waals surface area contributed by atoms with Gasteiger partial charge in [-0.05, 0) is 31.4 Å². The van der Waals surface area contributed by atoms with Gasteiger partial charge >= 0.3 is 0 Å². The van der Waals surface area contributed by atoms with E-state index in [1.54, 1.807) is 0 Å². The van der Waals surface area contributed by atoms with Gasteiger partial charge in [0.05, 0.1) is 6.04 Å². The van der Waals surface area contributed by atoms with Gasteiger partial charge in [-0.1, -0.05) is 24.3 Å². The Morgan fingerprint density at radius 1 is 1.35 bits per heavy atom. The van der Waals surface area contributed by atoms with E-state index in [1.807, 2.05) is 12.4 Å². The van der Waals surface area contributed by atoms with Crippen LogP contribution in [0.5, 0.6) is 0 Å². The molecule has 2 rings (SSSR count). The van der Waals surface area contributed by atoms with Crippen LogP contribution in [0.2, 0.25) is 0 Å². The molecule has 0 aliphatic carbocycles. The molecule has 0 saturated heterocycles. The van der Waals surface area contributed by atoms with Crippen molar-refractivity contribution in [2.75, 3.05) is 0 Å². The molecule has 1 heterocycles. The van der Waals surface area contributed by atoms with Crippen molar-refractivity contribution in [1.82, 2.24) is 9.55 Å². The van der Waals surface area contributed by atoms with E-state index in [0.717, 1.165) is 18.8 Å². The topological polar surface area (TPSA) is 43.8 Å². The molecule has 1 aromatic carbocycles. The van der Waals surface area contributed by atoms with Crippen LogP contribution in [0.3, 0.4) is 0 Å². The molecule has 0 spiro atoms. The number of aryl methyl sites for hydroxylation is 2. The molecule has 2 N–H and O–H groups in total. The molecule has 2 aromatic rings. The molecule has 90 valence electrons. The predicted octanol–water partition coefficient (Wildman–Crippen LogP) is 2.45. The Kier molecular flexibility index (Phi) is 3.59. The van der Waals surface area contributed by atoms with E-state index in [-0.39, 0.29) is 6.04 Å². The first kappa shape index (κ1) is 11.9. The molecule has 0 amide bonds. The number of nitrogens with two attached hydrogens (primary N) is 1. The Morgan fingerprint density at radius 2 is 2.12 bits per heavy atom. The summed E-state index contributed by atoms with van der Waals surface area (Å²) in [5.41, 5.74) is 8.82. The molecule has 1 atom stereocenters. The van der Waals surface area contributed by atoms with Crippen LogP contribution in [-0.4, -0.2) is 9.55 Å². The molecular weight excluding hydrogens is 210 g/mol. The quantitative estimate of drug-likeness (QED) is 0.875. The molecule has 17 heavy (non-hydrogen) atoms. The number of benzene rings is 1. The van der Waals surface area contributed by atoms with Gasteiger partial charge in [-0.3, -0.25) is 0 Å². The van der Waals surface area contributed by atoms with Gasteiger partial charge < -0.3 is 10.3 Å². The largest absolute Gasteiger partial charge is 0.334 e. The summed E-state index contributed by atoms with van der Waals surface area (Å²) in [5.74, 6) is 0.968. The third kappa shape index (κ3) is 2.56. The molecule has 0 saturated carbocycles. The van der Waals surface area contributed by atoms with Crippen molar-refractivity contribution >= 4 is 0 Å². The van der Waals surface area contributed by atoms with E-state index in [4.69, 9.17) is 5.73 Å². The fourth-order valence-corrected chi connectivity index (χ4v) is 2.08. The van der Waals surface area contributed by atoms with Crippen LogP contribution in [0.15, 0.2) is 36.7 Å². The van der Waals surface area contributed by atoms with Gasteiger partial charge in [0.25, 0.3) is 0 Å². The zero-order valence-electron chi connectivity index (χ0n) is 10.4. The number of hydrogen-bond donors (Lipinski definition) is 1. The van der Waals surface area contributed by atoms with Crippen LogP contribution in [0, 0.1) is 6.92 Å². The minimum Gasteiger partial charge on any atom is -0.334 e. The van der Waals surface area contributed by atoms with Crippen molar-refractivity contribution in [3.63, 3.8) is 0 Å². The lowest BCUT2D eigenvalue weighted by Gasteiger charge is -2.14. The average Bonchev–Trinajstić information content (AvgIpc) is 2.80. The summed E-state index contributed by atoms with van der Waals surface area (Å²) in [6.45, 7) is 5.14. The zero-order chi connectivity index (χ0) is 12.3. The van der Waals surface area contributed by atoms with Crippen LogP contribution in [0.1, 0.15) is 29.9 Å². The summed E-state index contributed by atoms with van der Waals surface area (Å²) >= 11 is 0. The van der Waals surface area contributed by atoms with Gasteiger partial charge in [0, 0.05) is 18.9 Å². The van der Waals surface area contributed by atoms with Gasteiger partial charge in [-0.2, -0.15) is 0 Å². The van der Waals surface area contributed by atoms with Gasteiger partial charge in [-0.25, -0.2) is 4.98 Å². The summed E-state index contributed by atoms with van der Waals surface area (Å²) in [5, 5.41) is 0. The smallest absolute Gasteiger partial charge is 0.125 e. The number of hydrogen-bond acceptors (Lipinski definition) is 2. The van der Waals surface area contributed by atoms with Crippen molar-refractivity contribution in [2.45, 2.75) is 32.9 Å². The molecule has 3 heteroatoms. The van der Waals surface area contributed by atoms with Gasteiger partial charge in [-0.15, -0.1) is 0 Å². The van der Waals surface area contributed by atoms with E-state index < -0.39 is 0 Å². The molecule has 1 unspecified atom stereocenters. The maximum absolute atomic E-state index is 6.23. The summed E-state index contributed by atoms with van der Waals surface area (Å²) in [4.78, 5) is 4.35. The first-order valence-corrected chi connectivity index (χ1v) is 6.03. The minimum absolute atomic E-state index is 0.0361. The highest BCUT2D eigenvalue weighted by Crippen LogP contribution is 2.17. The van der Waals surface area contributed by atoms with Gasteiger partial charge in [0.2, 0.25) is 0 Å². The van der Waals surface area contributed by atoms with E-state index in [0.29, 0.717) is 0 Å². The second-order valence-electron chi connectivity index (χ2n) is 4.31. The zero-order valence-corrected chi connectivity index (χ0v) is 10.4. The molecule has 0 radical (unpaired) electrons. The van der Waals surface area contributed by atoms with E-state index in [2.05, 4.69) is 47.7 Å². The highest BCUT2D eigenvalue weighted by molar-refractivity contribution is 5.27. The molecule has 0 aliphatic heterocycles. The molecular formula is C14H19N3. The Morgan fingerprint density at radius 3 is 2.82 bits per heavy atom. The Bertz CT molecular complexity index is 488. The number of rotatable bonds is 4. The molecule has 1 aromatic heterocycles. The average molecular weight is 229 g/mol. The Labute approximate surface area is 102 Å². The minimum atomic E-state index is -0.0361. The number of aromatic nitrogens is 2. The van der Waals surface area contributed by atoms with Crippen LogP contribution in [0.25, 0.3) is 0 Å². The van der Waals surface area contributed by atoms with Crippen LogP contribution < -0.4 is 5.73 Å². The summed E-state index contributed by atoms with van der Waals surface area (Å²) in [7, 11) is 0. The standard InChI is InChI=1S/C14H19N3/c1-3-17-9-8-16-14(17)13(15)10-12-7-5-4-6-11(12)2/h4-9,13H,3,10,15H2,1-2H3. The van der Waals surface area contributed by atoms with Crippen molar-refractivity contribution in [3.8, 4) is 0 Å². The van der Waals surface area contributed by atoms with Crippen LogP contribution >= 0.6 is 0 Å². The van der Waals surface area contributed by atoms with Gasteiger partial charge in [0.1, 0.15) is 5.82 Å². The normalized spacial score (nSPS) is 12.6. The molecule has 0 aliphatic rings. The molecule has 0 bridgehead atoms. The second kappa shape index (κ2) is 5.15. The fraction of sp³-hybridized carbons (Fsp3) is 0.357. The van der Waals surface area contributed by atoms with Crippen LogP contribution in [-0.2, 0) is 13.0 Å². The lowest BCUT2D eigenvalue weighted by Crippen LogP contribution is -2.19. The van der Waals surface area contributed by atoms with Crippen molar-refractivity contribution in [3.05, 3.63) is 53.6 Å². The monoisotopic (exact) mass is 229 g/mol. The summed E-state index contributed by atoms with van der Waals surface area (Å²) < 4.78 is 2.10. The lowest BCUT2D eigenvalue weighted by molar-refractivity contribution is 0.599. The maximum atomic E-state index is 6.23. The van der Waals surface area contributed by atoms with Crippen molar-refractivity contribution in [2.24, 2.45) is 5.73 Å². The second-order valence-corrected chi connectivity index (χ2v) is 4.31. The maximum Gasteiger partial charge on any atom is 0.125 e. The highest BCUT2D eigenvalue weighted by atomic mass is 15.1. The highest BCUT2D eigenvalue weighted by Gasteiger charge is 2.13. The van der Waals surface area contributed by atoms with E-state index in [1.165, 1.54) is 11.1 Å². The van der Waals surface area contributed by atoms with Crippen LogP contribution in [0.4, 0.5) is 0 Å². The summed E-state index contributed by atoms with van der Waals surface area (Å²) in [6, 6.07) is 8.33. The van der Waals surface area contributed by atoms with E-state index >= 15 is 0 Å². The third-order valence-electron chi connectivity index (χ3n) is 3.12. The SMILES string of the molecule is CCn1ccnc1C(N)Cc1ccccc1C. The first-order chi connectivity index (χ1) is 8.22. The number of imidazole rings is 1. The van der Waals surface area contributed by atoms with E-state index in [9.17, 15) is 0 Å². The summed E-state index contributed by atoms with van der Waals surface area (Å²) in [6.07, 6.45) is 4.63.